The first kappa shape index (κ1) is 16.8. The highest BCUT2D eigenvalue weighted by Gasteiger charge is 2.31. The molecule has 0 spiro atoms. The number of nitrogens with zero attached hydrogens (tertiary/aromatic N) is 2. The minimum absolute atomic E-state index is 0.0760. The van der Waals surface area contributed by atoms with E-state index in [0.717, 1.165) is 18.4 Å². The number of primary amides is 1. The number of carbonyl (C=O) groups excluding carboxylic acids is 2. The van der Waals surface area contributed by atoms with Gasteiger partial charge in [-0.2, -0.15) is 5.26 Å². The standard InChI is InChI=1S/C17H21N3O3/c1-12-2-5-14(17(19)22)10-20(12)16(21)11-23-15-6-3-13(4-7-15)8-9-18/h3-4,6-7,12,14H,2,5,8,10-11H2,1H3,(H2,19,22). The normalized spacial score (nSPS) is 20.6. The lowest BCUT2D eigenvalue weighted by molar-refractivity contribution is -0.139. The predicted molar refractivity (Wildman–Crippen MR) is 84.3 cm³/mol. The van der Waals surface area contributed by atoms with Crippen LogP contribution < -0.4 is 10.5 Å². The van der Waals surface area contributed by atoms with Crippen LogP contribution in [0, 0.1) is 17.2 Å². The van der Waals surface area contributed by atoms with Crippen molar-refractivity contribution >= 4 is 11.8 Å². The smallest absolute Gasteiger partial charge is 0.260 e. The molecule has 6 heteroatoms. The Morgan fingerprint density at radius 3 is 2.65 bits per heavy atom. The molecule has 0 aromatic heterocycles. The van der Waals surface area contributed by atoms with Crippen molar-refractivity contribution in [3.05, 3.63) is 29.8 Å². The third-order valence-electron chi connectivity index (χ3n) is 4.17. The zero-order valence-corrected chi connectivity index (χ0v) is 13.2. The molecule has 0 bridgehead atoms. The zero-order valence-electron chi connectivity index (χ0n) is 13.2. The molecule has 2 atom stereocenters. The molecule has 1 saturated heterocycles. The van der Waals surface area contributed by atoms with Crippen LogP contribution in [0.15, 0.2) is 24.3 Å². The summed E-state index contributed by atoms with van der Waals surface area (Å²) in [6.45, 7) is 2.25. The fraction of sp³-hybridized carbons (Fsp3) is 0.471. The molecule has 6 nitrogen and oxygen atoms in total. The van der Waals surface area contributed by atoms with Crippen molar-refractivity contribution < 1.29 is 14.3 Å². The van der Waals surface area contributed by atoms with E-state index in [9.17, 15) is 9.59 Å². The summed E-state index contributed by atoms with van der Waals surface area (Å²) < 4.78 is 5.51. The van der Waals surface area contributed by atoms with Gasteiger partial charge in [0, 0.05) is 12.6 Å². The number of nitrogens with two attached hydrogens (primary N) is 1. The largest absolute Gasteiger partial charge is 0.484 e. The third-order valence-corrected chi connectivity index (χ3v) is 4.17. The first-order chi connectivity index (χ1) is 11.0. The number of hydrogen-bond acceptors (Lipinski definition) is 4. The fourth-order valence-electron chi connectivity index (χ4n) is 2.71. The maximum Gasteiger partial charge on any atom is 0.260 e. The maximum atomic E-state index is 12.3. The lowest BCUT2D eigenvalue weighted by Gasteiger charge is -2.36. The minimum atomic E-state index is -0.358. The highest BCUT2D eigenvalue weighted by molar-refractivity contribution is 5.81. The first-order valence-corrected chi connectivity index (χ1v) is 7.68. The van der Waals surface area contributed by atoms with E-state index in [-0.39, 0.29) is 30.4 Å². The fourth-order valence-corrected chi connectivity index (χ4v) is 2.71. The lowest BCUT2D eigenvalue weighted by atomic mass is 9.93. The van der Waals surface area contributed by atoms with Crippen molar-refractivity contribution in [3.63, 3.8) is 0 Å². The number of ether oxygens (including phenoxy) is 1. The van der Waals surface area contributed by atoms with E-state index in [2.05, 4.69) is 6.07 Å². The average Bonchev–Trinajstić information content (AvgIpc) is 2.54. The summed E-state index contributed by atoms with van der Waals surface area (Å²) in [4.78, 5) is 25.3. The van der Waals surface area contributed by atoms with Crippen LogP contribution in [0.5, 0.6) is 5.75 Å². The van der Waals surface area contributed by atoms with Crippen LogP contribution in [0.1, 0.15) is 25.3 Å². The second kappa shape index (κ2) is 7.63. The topological polar surface area (TPSA) is 96.4 Å². The molecule has 0 aliphatic carbocycles. The van der Waals surface area contributed by atoms with E-state index in [0.29, 0.717) is 18.7 Å². The Morgan fingerprint density at radius 1 is 1.35 bits per heavy atom. The SMILES string of the molecule is CC1CCC(C(N)=O)CN1C(=O)COc1ccc(CC#N)cc1. The minimum Gasteiger partial charge on any atom is -0.484 e. The van der Waals surface area contributed by atoms with Gasteiger partial charge in [0.15, 0.2) is 6.61 Å². The summed E-state index contributed by atoms with van der Waals surface area (Å²) in [6, 6.07) is 9.24. The Labute approximate surface area is 135 Å². The molecule has 122 valence electrons. The number of nitriles is 1. The van der Waals surface area contributed by atoms with E-state index >= 15 is 0 Å². The second-order valence-electron chi connectivity index (χ2n) is 5.84. The molecular formula is C17H21N3O3. The van der Waals surface area contributed by atoms with Gasteiger partial charge < -0.3 is 15.4 Å². The molecule has 1 fully saturated rings. The molecule has 1 aliphatic rings. The van der Waals surface area contributed by atoms with Crippen LogP contribution in [-0.4, -0.2) is 35.9 Å². The molecule has 0 radical (unpaired) electrons. The van der Waals surface area contributed by atoms with Gasteiger partial charge in [-0.3, -0.25) is 9.59 Å². The summed E-state index contributed by atoms with van der Waals surface area (Å²) in [5, 5.41) is 8.63. The van der Waals surface area contributed by atoms with Crippen LogP contribution in [0.4, 0.5) is 0 Å². The van der Waals surface area contributed by atoms with Gasteiger partial charge in [-0.05, 0) is 37.5 Å². The van der Waals surface area contributed by atoms with Crippen LogP contribution in [0.3, 0.4) is 0 Å². The number of carbonyl (C=O) groups is 2. The quantitative estimate of drug-likeness (QED) is 0.884. The van der Waals surface area contributed by atoms with Crippen molar-refractivity contribution in [2.75, 3.05) is 13.2 Å². The number of hydrogen-bond donors (Lipinski definition) is 1. The summed E-state index contributed by atoms with van der Waals surface area (Å²) in [5.41, 5.74) is 6.25. The highest BCUT2D eigenvalue weighted by atomic mass is 16.5. The van der Waals surface area contributed by atoms with Gasteiger partial charge in [0.2, 0.25) is 5.91 Å². The van der Waals surface area contributed by atoms with Gasteiger partial charge in [0.25, 0.3) is 5.91 Å². The molecule has 1 aliphatic heterocycles. The Balaban J connectivity index is 1.90. The van der Waals surface area contributed by atoms with Crippen molar-refractivity contribution in [1.82, 2.24) is 4.90 Å². The number of benzene rings is 1. The zero-order chi connectivity index (χ0) is 16.8. The maximum absolute atomic E-state index is 12.3. The molecule has 23 heavy (non-hydrogen) atoms. The molecular weight excluding hydrogens is 294 g/mol. The van der Waals surface area contributed by atoms with E-state index in [4.69, 9.17) is 15.7 Å². The molecule has 2 N–H and O–H groups in total. The summed E-state index contributed by atoms with van der Waals surface area (Å²) >= 11 is 0. The molecule has 2 rings (SSSR count). The van der Waals surface area contributed by atoms with Crippen LogP contribution in [0.2, 0.25) is 0 Å². The number of amides is 2. The molecule has 2 amide bonds. The van der Waals surface area contributed by atoms with E-state index in [1.165, 1.54) is 0 Å². The van der Waals surface area contributed by atoms with E-state index in [1.54, 1.807) is 29.2 Å². The Morgan fingerprint density at radius 2 is 2.04 bits per heavy atom. The number of likely N-dealkylation sites (tertiary alicyclic amines) is 1. The number of rotatable bonds is 5. The lowest BCUT2D eigenvalue weighted by Crippen LogP contribution is -2.50. The van der Waals surface area contributed by atoms with Crippen molar-refractivity contribution in [1.29, 1.82) is 5.26 Å². The van der Waals surface area contributed by atoms with Gasteiger partial charge in [-0.15, -0.1) is 0 Å². The number of piperidine rings is 1. The van der Waals surface area contributed by atoms with E-state index in [1.807, 2.05) is 6.92 Å². The summed E-state index contributed by atoms with van der Waals surface area (Å²) in [5.74, 6) is -0.204. The van der Waals surface area contributed by atoms with Gasteiger partial charge in [-0.25, -0.2) is 0 Å². The van der Waals surface area contributed by atoms with Gasteiger partial charge in [0.1, 0.15) is 5.75 Å². The Hall–Kier alpha value is -2.55. The predicted octanol–water partition coefficient (Wildman–Crippen LogP) is 1.24. The Kier molecular flexibility index (Phi) is 5.58. The monoisotopic (exact) mass is 315 g/mol. The van der Waals surface area contributed by atoms with Crippen LogP contribution in [-0.2, 0) is 16.0 Å². The molecule has 0 saturated carbocycles. The Bertz CT molecular complexity index is 607. The highest BCUT2D eigenvalue weighted by Crippen LogP contribution is 2.22. The van der Waals surface area contributed by atoms with Crippen molar-refractivity contribution in [2.24, 2.45) is 11.7 Å². The van der Waals surface area contributed by atoms with Gasteiger partial charge in [0.05, 0.1) is 18.4 Å². The van der Waals surface area contributed by atoms with E-state index < -0.39 is 0 Å². The summed E-state index contributed by atoms with van der Waals surface area (Å²) in [7, 11) is 0. The van der Waals surface area contributed by atoms with Gasteiger partial charge >= 0.3 is 0 Å². The molecule has 1 aromatic carbocycles. The first-order valence-electron chi connectivity index (χ1n) is 7.68. The third kappa shape index (κ3) is 4.46. The molecule has 1 heterocycles. The van der Waals surface area contributed by atoms with Gasteiger partial charge in [-0.1, -0.05) is 12.1 Å². The second-order valence-corrected chi connectivity index (χ2v) is 5.84. The van der Waals surface area contributed by atoms with Crippen LogP contribution >= 0.6 is 0 Å². The van der Waals surface area contributed by atoms with Crippen molar-refractivity contribution in [2.45, 2.75) is 32.2 Å². The van der Waals surface area contributed by atoms with Crippen molar-refractivity contribution in [3.8, 4) is 11.8 Å². The average molecular weight is 315 g/mol. The van der Waals surface area contributed by atoms with Crippen LogP contribution in [0.25, 0.3) is 0 Å². The molecule has 2 unspecified atom stereocenters. The summed E-state index contributed by atoms with van der Waals surface area (Å²) in [6.07, 6.45) is 1.84. The molecule has 1 aromatic rings.